The molecular formula is C16H30OSi. The first-order valence-electron chi connectivity index (χ1n) is 7.67. The minimum absolute atomic E-state index is 0.171. The van der Waals surface area contributed by atoms with Crippen LogP contribution in [0.5, 0.6) is 0 Å². The average Bonchev–Trinajstić information content (AvgIpc) is 2.38. The number of carbonyl (C=O) groups excluding carboxylic acids is 1. The van der Waals surface area contributed by atoms with Crippen molar-refractivity contribution < 1.29 is 4.79 Å². The Hall–Kier alpha value is -0.373. The number of hydrogen-bond acceptors (Lipinski definition) is 1. The maximum absolute atomic E-state index is 12.4. The largest absolute Gasteiger partial charge is 0.298 e. The van der Waals surface area contributed by atoms with Crippen LogP contribution in [0, 0.1) is 11.3 Å². The molecule has 0 aromatic carbocycles. The second-order valence-corrected chi connectivity index (χ2v) is 11.5. The van der Waals surface area contributed by atoms with Crippen molar-refractivity contribution in [2.45, 2.75) is 72.0 Å². The molecule has 0 aromatic rings. The Morgan fingerprint density at radius 1 is 1.28 bits per heavy atom. The molecule has 1 saturated carbocycles. The molecule has 0 amide bonds. The van der Waals surface area contributed by atoms with Crippen molar-refractivity contribution in [1.29, 1.82) is 0 Å². The number of allylic oxidation sites excluding steroid dienone is 1. The van der Waals surface area contributed by atoms with E-state index in [1.807, 2.05) is 0 Å². The molecule has 0 aromatic heterocycles. The molecule has 18 heavy (non-hydrogen) atoms. The predicted molar refractivity (Wildman–Crippen MR) is 82.5 cm³/mol. The molecule has 0 saturated heterocycles. The zero-order chi connectivity index (χ0) is 13.8. The number of carbonyl (C=O) groups is 1. The van der Waals surface area contributed by atoms with Gasteiger partial charge in [0, 0.05) is 11.3 Å². The Morgan fingerprint density at radius 3 is 2.33 bits per heavy atom. The number of Topliss-reactive ketones (excluding diaryl/α,β-unsaturated/α-hetero) is 1. The van der Waals surface area contributed by atoms with E-state index in [-0.39, 0.29) is 11.3 Å². The lowest BCUT2D eigenvalue weighted by atomic mass is 9.70. The molecule has 0 spiro atoms. The SMILES string of the molecule is CC[Si](/C=C/[C@]1(C)CCC[C@@H](C)C1=O)(CC)CC. The summed E-state index contributed by atoms with van der Waals surface area (Å²) in [6, 6.07) is 3.91. The summed E-state index contributed by atoms with van der Waals surface area (Å²) in [5.74, 6) is 0.727. The molecular weight excluding hydrogens is 236 g/mol. The van der Waals surface area contributed by atoms with Crippen LogP contribution in [0.1, 0.15) is 53.9 Å². The maximum Gasteiger partial charge on any atom is 0.145 e. The van der Waals surface area contributed by atoms with E-state index < -0.39 is 8.07 Å². The second-order valence-electron chi connectivity index (χ2n) is 6.33. The molecule has 2 atom stereocenters. The first-order valence-corrected chi connectivity index (χ1v) is 10.4. The number of ketones is 1. The Bertz CT molecular complexity index is 309. The molecule has 1 nitrogen and oxygen atoms in total. The third-order valence-corrected chi connectivity index (χ3v) is 10.4. The Labute approximate surface area is 114 Å². The Kier molecular flexibility index (Phi) is 5.39. The Balaban J connectivity index is 2.90. The van der Waals surface area contributed by atoms with Crippen LogP contribution in [0.2, 0.25) is 18.1 Å². The standard InChI is InChI=1S/C16H30OSi/c1-6-18(7-2,8-3)13-12-16(5)11-9-10-14(4)15(16)17/h12-14H,6-11H2,1-5H3/b13-12+/t14-,16+/m1/s1. The van der Waals surface area contributed by atoms with E-state index >= 15 is 0 Å². The minimum atomic E-state index is -1.23. The van der Waals surface area contributed by atoms with Gasteiger partial charge in [0.25, 0.3) is 0 Å². The highest BCUT2D eigenvalue weighted by molar-refractivity contribution is 6.84. The summed E-state index contributed by atoms with van der Waals surface area (Å²) in [6.07, 6.45) is 5.63. The Morgan fingerprint density at radius 2 is 1.83 bits per heavy atom. The van der Waals surface area contributed by atoms with Gasteiger partial charge in [-0.05, 0) is 19.8 Å². The van der Waals surface area contributed by atoms with Gasteiger partial charge in [0.2, 0.25) is 0 Å². The number of hydrogen-bond donors (Lipinski definition) is 0. The third kappa shape index (κ3) is 3.14. The summed E-state index contributed by atoms with van der Waals surface area (Å²) in [5, 5.41) is 0. The summed E-state index contributed by atoms with van der Waals surface area (Å²) in [6.45, 7) is 11.2. The summed E-state index contributed by atoms with van der Waals surface area (Å²) in [5.41, 5.74) is 2.32. The summed E-state index contributed by atoms with van der Waals surface area (Å²) in [7, 11) is -1.23. The van der Waals surface area contributed by atoms with E-state index in [4.69, 9.17) is 0 Å². The van der Waals surface area contributed by atoms with E-state index in [2.05, 4.69) is 46.4 Å². The van der Waals surface area contributed by atoms with Gasteiger partial charge in [-0.15, -0.1) is 0 Å². The smallest absolute Gasteiger partial charge is 0.145 e. The summed E-state index contributed by atoms with van der Waals surface area (Å²) in [4.78, 5) is 12.4. The zero-order valence-electron chi connectivity index (χ0n) is 12.9. The van der Waals surface area contributed by atoms with Gasteiger partial charge in [0.05, 0.1) is 8.07 Å². The van der Waals surface area contributed by atoms with Gasteiger partial charge in [-0.2, -0.15) is 0 Å². The second kappa shape index (κ2) is 6.18. The van der Waals surface area contributed by atoms with Crippen molar-refractivity contribution in [3.05, 3.63) is 11.8 Å². The van der Waals surface area contributed by atoms with Crippen LogP contribution < -0.4 is 0 Å². The monoisotopic (exact) mass is 266 g/mol. The van der Waals surface area contributed by atoms with Gasteiger partial charge < -0.3 is 0 Å². The van der Waals surface area contributed by atoms with Crippen LogP contribution in [-0.4, -0.2) is 13.9 Å². The van der Waals surface area contributed by atoms with Gasteiger partial charge in [0.1, 0.15) is 5.78 Å². The van der Waals surface area contributed by atoms with Gasteiger partial charge >= 0.3 is 0 Å². The average molecular weight is 267 g/mol. The van der Waals surface area contributed by atoms with E-state index in [1.165, 1.54) is 24.6 Å². The molecule has 0 heterocycles. The molecule has 1 fully saturated rings. The van der Waals surface area contributed by atoms with Crippen LogP contribution in [0.4, 0.5) is 0 Å². The molecule has 0 N–H and O–H groups in total. The third-order valence-electron chi connectivity index (χ3n) is 5.26. The van der Waals surface area contributed by atoms with Crippen molar-refractivity contribution in [1.82, 2.24) is 0 Å². The first-order chi connectivity index (χ1) is 8.43. The summed E-state index contributed by atoms with van der Waals surface area (Å²) >= 11 is 0. The fourth-order valence-electron chi connectivity index (χ4n) is 3.22. The molecule has 1 aliphatic rings. The molecule has 2 heteroatoms. The molecule has 0 aliphatic heterocycles. The normalized spacial score (nSPS) is 30.1. The van der Waals surface area contributed by atoms with Crippen molar-refractivity contribution in [2.75, 3.05) is 0 Å². The fraction of sp³-hybridized carbons (Fsp3) is 0.812. The van der Waals surface area contributed by atoms with Crippen molar-refractivity contribution in [3.63, 3.8) is 0 Å². The molecule has 104 valence electrons. The van der Waals surface area contributed by atoms with Crippen LogP contribution in [0.25, 0.3) is 0 Å². The van der Waals surface area contributed by atoms with Crippen molar-refractivity contribution in [3.8, 4) is 0 Å². The quantitative estimate of drug-likeness (QED) is 0.641. The van der Waals surface area contributed by atoms with Crippen LogP contribution in [-0.2, 0) is 4.79 Å². The van der Waals surface area contributed by atoms with Gasteiger partial charge in [0.15, 0.2) is 0 Å². The van der Waals surface area contributed by atoms with E-state index in [9.17, 15) is 4.79 Å². The minimum Gasteiger partial charge on any atom is -0.298 e. The van der Waals surface area contributed by atoms with Gasteiger partial charge in [-0.25, -0.2) is 0 Å². The highest BCUT2D eigenvalue weighted by atomic mass is 28.3. The highest BCUT2D eigenvalue weighted by Gasteiger charge is 2.37. The van der Waals surface area contributed by atoms with Gasteiger partial charge in [-0.3, -0.25) is 4.79 Å². The maximum atomic E-state index is 12.4. The molecule has 0 unspecified atom stereocenters. The topological polar surface area (TPSA) is 17.1 Å². The molecule has 0 bridgehead atoms. The lowest BCUT2D eigenvalue weighted by molar-refractivity contribution is -0.131. The predicted octanol–water partition coefficient (Wildman–Crippen LogP) is 4.99. The van der Waals surface area contributed by atoms with Crippen molar-refractivity contribution >= 4 is 13.9 Å². The molecule has 1 aliphatic carbocycles. The fourth-order valence-corrected chi connectivity index (χ4v) is 6.15. The molecule has 0 radical (unpaired) electrons. The van der Waals surface area contributed by atoms with Crippen LogP contribution in [0.3, 0.4) is 0 Å². The van der Waals surface area contributed by atoms with Gasteiger partial charge in [-0.1, -0.05) is 64.0 Å². The van der Waals surface area contributed by atoms with Crippen molar-refractivity contribution in [2.24, 2.45) is 11.3 Å². The highest BCUT2D eigenvalue weighted by Crippen LogP contribution is 2.38. The van der Waals surface area contributed by atoms with E-state index in [0.29, 0.717) is 5.78 Å². The summed E-state index contributed by atoms with van der Waals surface area (Å²) < 4.78 is 0. The zero-order valence-corrected chi connectivity index (χ0v) is 13.9. The lowest BCUT2D eigenvalue weighted by Gasteiger charge is -2.34. The van der Waals surface area contributed by atoms with E-state index in [1.54, 1.807) is 0 Å². The van der Waals surface area contributed by atoms with Crippen LogP contribution >= 0.6 is 0 Å². The first kappa shape index (κ1) is 15.7. The number of rotatable bonds is 5. The van der Waals surface area contributed by atoms with Crippen LogP contribution in [0.15, 0.2) is 11.8 Å². The lowest BCUT2D eigenvalue weighted by Crippen LogP contribution is -2.36. The molecule has 1 rings (SSSR count). The van der Waals surface area contributed by atoms with E-state index in [0.717, 1.165) is 12.8 Å².